The van der Waals surface area contributed by atoms with Crippen LogP contribution in [0.15, 0.2) is 0 Å². The maximum absolute atomic E-state index is 11.3. The maximum atomic E-state index is 11.3. The van der Waals surface area contributed by atoms with Gasteiger partial charge in [-0.15, -0.1) is 0 Å². The van der Waals surface area contributed by atoms with Crippen LogP contribution in [0.3, 0.4) is 0 Å². The Kier molecular flexibility index (Phi) is 5.63. The van der Waals surface area contributed by atoms with Gasteiger partial charge in [-0.2, -0.15) is 4.98 Å². The van der Waals surface area contributed by atoms with Gasteiger partial charge in [-0.05, 0) is 20.3 Å². The second-order valence-electron chi connectivity index (χ2n) is 4.54. The fraction of sp³-hybridized carbons (Fsp3) is 0.667. The number of aromatic nitrogens is 2. The summed E-state index contributed by atoms with van der Waals surface area (Å²) in [5.74, 6) is 0.292. The minimum atomic E-state index is -0.466. The summed E-state index contributed by atoms with van der Waals surface area (Å²) in [6.45, 7) is 6.50. The van der Waals surface area contributed by atoms with Crippen molar-refractivity contribution in [1.29, 1.82) is 0 Å². The lowest BCUT2D eigenvalue weighted by Gasteiger charge is -2.29. The Hall–Kier alpha value is -1.96. The molecule has 0 saturated heterocycles. The number of aryl methyl sites for hydroxylation is 1. The molecular formula is C12H21N5O3. The Morgan fingerprint density at radius 1 is 1.50 bits per heavy atom. The van der Waals surface area contributed by atoms with Crippen LogP contribution >= 0.6 is 0 Å². The van der Waals surface area contributed by atoms with Crippen LogP contribution in [0.1, 0.15) is 26.0 Å². The number of hydrogen-bond donors (Lipinski definition) is 1. The second kappa shape index (κ2) is 6.99. The molecule has 0 aliphatic carbocycles. The van der Waals surface area contributed by atoms with Gasteiger partial charge in [0.15, 0.2) is 0 Å². The number of nitrogens with two attached hydrogens (primary N) is 1. The number of ether oxygens (including phenoxy) is 1. The largest absolute Gasteiger partial charge is 0.383 e. The number of hydrogen-bond acceptors (Lipinski definition) is 7. The predicted molar refractivity (Wildman–Crippen MR) is 76.8 cm³/mol. The van der Waals surface area contributed by atoms with E-state index in [9.17, 15) is 10.1 Å². The third kappa shape index (κ3) is 3.53. The van der Waals surface area contributed by atoms with Crippen LogP contribution in [-0.2, 0) is 4.74 Å². The van der Waals surface area contributed by atoms with Crippen LogP contribution in [0.25, 0.3) is 0 Å². The number of methoxy groups -OCH3 is 1. The highest BCUT2D eigenvalue weighted by molar-refractivity contribution is 5.62. The van der Waals surface area contributed by atoms with Crippen molar-refractivity contribution < 1.29 is 9.66 Å². The summed E-state index contributed by atoms with van der Waals surface area (Å²) in [5, 5.41) is 11.3. The minimum absolute atomic E-state index is 0.0359. The predicted octanol–water partition coefficient (Wildman–Crippen LogP) is 1.53. The maximum Gasteiger partial charge on any atom is 0.332 e. The molecule has 0 bridgehead atoms. The molecule has 0 spiro atoms. The first-order chi connectivity index (χ1) is 9.42. The topological polar surface area (TPSA) is 107 Å². The summed E-state index contributed by atoms with van der Waals surface area (Å²) in [7, 11) is 1.59. The summed E-state index contributed by atoms with van der Waals surface area (Å²) >= 11 is 0. The lowest BCUT2D eigenvalue weighted by Crippen LogP contribution is -2.37. The average Bonchev–Trinajstić information content (AvgIpc) is 2.37. The Morgan fingerprint density at radius 3 is 2.65 bits per heavy atom. The molecule has 1 heterocycles. The van der Waals surface area contributed by atoms with Crippen molar-refractivity contribution in [3.05, 3.63) is 15.8 Å². The molecule has 0 amide bonds. The van der Waals surface area contributed by atoms with E-state index in [0.717, 1.165) is 6.42 Å². The molecule has 0 aliphatic rings. The molecule has 0 aliphatic heterocycles. The molecule has 8 heteroatoms. The van der Waals surface area contributed by atoms with E-state index in [1.807, 2.05) is 18.7 Å². The summed E-state index contributed by atoms with van der Waals surface area (Å²) in [5.41, 5.74) is 5.80. The first-order valence-corrected chi connectivity index (χ1v) is 6.46. The zero-order valence-electron chi connectivity index (χ0n) is 12.3. The number of anilines is 2. The lowest BCUT2D eigenvalue weighted by molar-refractivity contribution is -0.385. The van der Waals surface area contributed by atoms with Gasteiger partial charge in [-0.3, -0.25) is 10.1 Å². The summed E-state index contributed by atoms with van der Waals surface area (Å²) < 4.78 is 5.06. The highest BCUT2D eigenvalue weighted by atomic mass is 16.6. The molecule has 1 aromatic heterocycles. The summed E-state index contributed by atoms with van der Waals surface area (Å²) in [6.07, 6.45) is 0.823. The van der Waals surface area contributed by atoms with Crippen molar-refractivity contribution >= 4 is 17.5 Å². The molecule has 8 nitrogen and oxygen atoms in total. The van der Waals surface area contributed by atoms with Crippen LogP contribution in [0.4, 0.5) is 17.5 Å². The zero-order valence-corrected chi connectivity index (χ0v) is 12.3. The van der Waals surface area contributed by atoms with Gasteiger partial charge in [0.25, 0.3) is 0 Å². The van der Waals surface area contributed by atoms with E-state index >= 15 is 0 Å². The van der Waals surface area contributed by atoms with E-state index in [2.05, 4.69) is 9.97 Å². The van der Waals surface area contributed by atoms with Gasteiger partial charge in [0.1, 0.15) is 5.69 Å². The number of rotatable bonds is 7. The fourth-order valence-corrected chi connectivity index (χ4v) is 1.93. The highest BCUT2D eigenvalue weighted by Gasteiger charge is 2.28. The van der Waals surface area contributed by atoms with E-state index in [4.69, 9.17) is 10.5 Å². The summed E-state index contributed by atoms with van der Waals surface area (Å²) in [4.78, 5) is 20.6. The van der Waals surface area contributed by atoms with Crippen LogP contribution in [-0.4, -0.2) is 41.2 Å². The third-order valence-corrected chi connectivity index (χ3v) is 3.17. The quantitative estimate of drug-likeness (QED) is 0.597. The van der Waals surface area contributed by atoms with Gasteiger partial charge in [0.05, 0.1) is 11.5 Å². The van der Waals surface area contributed by atoms with Crippen LogP contribution in [0.5, 0.6) is 0 Å². The first-order valence-electron chi connectivity index (χ1n) is 6.46. The second-order valence-corrected chi connectivity index (χ2v) is 4.54. The van der Waals surface area contributed by atoms with Gasteiger partial charge in [-0.25, -0.2) is 4.98 Å². The van der Waals surface area contributed by atoms with Gasteiger partial charge in [0.2, 0.25) is 11.8 Å². The Morgan fingerprint density at radius 2 is 2.15 bits per heavy atom. The molecular weight excluding hydrogens is 262 g/mol. The molecule has 112 valence electrons. The fourth-order valence-electron chi connectivity index (χ4n) is 1.93. The minimum Gasteiger partial charge on any atom is -0.383 e. The summed E-state index contributed by atoms with van der Waals surface area (Å²) in [6, 6.07) is 0.0811. The average molecular weight is 283 g/mol. The van der Waals surface area contributed by atoms with Crippen molar-refractivity contribution in [2.45, 2.75) is 33.2 Å². The zero-order chi connectivity index (χ0) is 15.3. The van der Waals surface area contributed by atoms with E-state index in [1.165, 1.54) is 0 Å². The van der Waals surface area contributed by atoms with Crippen LogP contribution in [0.2, 0.25) is 0 Å². The monoisotopic (exact) mass is 283 g/mol. The van der Waals surface area contributed by atoms with Gasteiger partial charge in [-0.1, -0.05) is 6.92 Å². The van der Waals surface area contributed by atoms with Crippen molar-refractivity contribution in [2.24, 2.45) is 0 Å². The molecule has 0 aromatic carbocycles. The van der Waals surface area contributed by atoms with E-state index in [1.54, 1.807) is 14.0 Å². The highest BCUT2D eigenvalue weighted by Crippen LogP contribution is 2.30. The Balaban J connectivity index is 3.33. The smallest absolute Gasteiger partial charge is 0.332 e. The van der Waals surface area contributed by atoms with E-state index in [-0.39, 0.29) is 29.2 Å². The van der Waals surface area contributed by atoms with Crippen LogP contribution < -0.4 is 10.6 Å². The first kappa shape index (κ1) is 16.1. The molecule has 0 radical (unpaired) electrons. The molecule has 2 N–H and O–H groups in total. The molecule has 1 atom stereocenters. The van der Waals surface area contributed by atoms with Gasteiger partial charge >= 0.3 is 5.69 Å². The third-order valence-electron chi connectivity index (χ3n) is 3.17. The molecule has 1 aromatic rings. The van der Waals surface area contributed by atoms with Crippen LogP contribution in [0, 0.1) is 17.0 Å². The Labute approximate surface area is 118 Å². The SMILES string of the molecule is CCC(C)N(CCOC)c1nc(N)nc(C)c1[N+](=O)[O-]. The van der Waals surface area contributed by atoms with Crippen molar-refractivity contribution in [1.82, 2.24) is 9.97 Å². The number of nitro groups is 1. The molecule has 0 fully saturated rings. The normalized spacial score (nSPS) is 12.2. The van der Waals surface area contributed by atoms with Crippen molar-refractivity contribution in [3.8, 4) is 0 Å². The molecule has 1 unspecified atom stereocenters. The standard InChI is InChI=1S/C12H21N5O3/c1-5-8(2)16(6-7-20-4)11-10(17(18)19)9(3)14-12(13)15-11/h8H,5-7H2,1-4H3,(H2,13,14,15). The molecule has 0 saturated carbocycles. The Bertz CT molecular complexity index is 480. The molecule has 1 rings (SSSR count). The van der Waals surface area contributed by atoms with Gasteiger partial charge in [0, 0.05) is 19.7 Å². The van der Waals surface area contributed by atoms with Crippen molar-refractivity contribution in [2.75, 3.05) is 30.9 Å². The number of nitrogen functional groups attached to an aromatic ring is 1. The number of nitrogens with zero attached hydrogens (tertiary/aromatic N) is 4. The van der Waals surface area contributed by atoms with Crippen molar-refractivity contribution in [3.63, 3.8) is 0 Å². The van der Waals surface area contributed by atoms with E-state index < -0.39 is 4.92 Å². The van der Waals surface area contributed by atoms with Gasteiger partial charge < -0.3 is 15.4 Å². The van der Waals surface area contributed by atoms with E-state index in [0.29, 0.717) is 13.2 Å². The molecule has 20 heavy (non-hydrogen) atoms. The lowest BCUT2D eigenvalue weighted by atomic mass is 10.2.